The minimum absolute atomic E-state index is 0.0317. The van der Waals surface area contributed by atoms with Gasteiger partial charge in [-0.25, -0.2) is 4.98 Å². The molecule has 5 heteroatoms. The van der Waals surface area contributed by atoms with Crippen molar-refractivity contribution >= 4 is 23.1 Å². The van der Waals surface area contributed by atoms with Crippen LogP contribution in [0.2, 0.25) is 0 Å². The number of benzene rings is 1. The number of pyridine rings is 1. The van der Waals surface area contributed by atoms with E-state index in [0.29, 0.717) is 0 Å². The number of anilines is 3. The number of hydrogen-bond donors (Lipinski definition) is 0. The molecule has 1 aliphatic heterocycles. The van der Waals surface area contributed by atoms with Crippen LogP contribution in [-0.4, -0.2) is 30.6 Å². The number of amides is 1. The zero-order valence-corrected chi connectivity index (χ0v) is 17.2. The van der Waals surface area contributed by atoms with Crippen LogP contribution in [0.15, 0.2) is 24.4 Å². The van der Waals surface area contributed by atoms with E-state index in [1.165, 1.54) is 5.56 Å². The Hall–Kier alpha value is -2.56. The van der Waals surface area contributed by atoms with Crippen LogP contribution in [0.1, 0.15) is 43.4 Å². The van der Waals surface area contributed by atoms with Crippen molar-refractivity contribution in [3.05, 3.63) is 41.1 Å². The molecule has 0 aliphatic carbocycles. The number of rotatable bonds is 5. The summed E-state index contributed by atoms with van der Waals surface area (Å²) in [5.74, 6) is 1.52. The van der Waals surface area contributed by atoms with Gasteiger partial charge in [-0.1, -0.05) is 31.5 Å². The van der Waals surface area contributed by atoms with Crippen molar-refractivity contribution < 1.29 is 9.53 Å². The number of carbonyl (C=O) groups excluding carboxylic acids is 1. The number of nitrogens with zero attached hydrogens (tertiary/aromatic N) is 3. The van der Waals surface area contributed by atoms with Gasteiger partial charge in [0.2, 0.25) is 5.91 Å². The summed E-state index contributed by atoms with van der Waals surface area (Å²) in [5, 5.41) is 0. The average Bonchev–Trinajstić information content (AvgIpc) is 2.62. The Bertz CT molecular complexity index is 836. The normalized spacial score (nSPS) is 14.0. The molecule has 27 heavy (non-hydrogen) atoms. The van der Waals surface area contributed by atoms with E-state index in [1.807, 2.05) is 11.0 Å². The minimum Gasteiger partial charge on any atom is -0.488 e. The van der Waals surface area contributed by atoms with E-state index in [-0.39, 0.29) is 18.6 Å². The SMILES string of the molecule is CCC(CC)Oc1ccnc2c1N(C)C(=O)CN2c1c(C)cc(C)cc1C. The molecule has 5 nitrogen and oxygen atoms in total. The minimum atomic E-state index is 0.0317. The molecule has 1 aromatic carbocycles. The lowest BCUT2D eigenvalue weighted by Crippen LogP contribution is -2.43. The number of likely N-dealkylation sites (N-methyl/N-ethyl adjacent to an activating group) is 1. The van der Waals surface area contributed by atoms with Crippen molar-refractivity contribution in [2.24, 2.45) is 0 Å². The van der Waals surface area contributed by atoms with Gasteiger partial charge >= 0.3 is 0 Å². The second-order valence-corrected chi connectivity index (χ2v) is 7.32. The molecule has 0 atom stereocenters. The summed E-state index contributed by atoms with van der Waals surface area (Å²) < 4.78 is 6.23. The number of aromatic nitrogens is 1. The van der Waals surface area contributed by atoms with Crippen molar-refractivity contribution in [3.63, 3.8) is 0 Å². The van der Waals surface area contributed by atoms with Crippen LogP contribution in [0, 0.1) is 20.8 Å². The Morgan fingerprint density at radius 1 is 1.11 bits per heavy atom. The van der Waals surface area contributed by atoms with Crippen LogP contribution in [0.4, 0.5) is 17.2 Å². The number of aryl methyl sites for hydroxylation is 3. The fourth-order valence-corrected chi connectivity index (χ4v) is 3.89. The maximum atomic E-state index is 12.8. The largest absolute Gasteiger partial charge is 0.488 e. The first-order valence-corrected chi connectivity index (χ1v) is 9.64. The monoisotopic (exact) mass is 367 g/mol. The molecule has 0 bridgehead atoms. The van der Waals surface area contributed by atoms with Crippen molar-refractivity contribution in [2.45, 2.75) is 53.6 Å². The summed E-state index contributed by atoms with van der Waals surface area (Å²) >= 11 is 0. The number of carbonyl (C=O) groups is 1. The first-order chi connectivity index (χ1) is 12.9. The second-order valence-electron chi connectivity index (χ2n) is 7.32. The van der Waals surface area contributed by atoms with Gasteiger partial charge in [-0.15, -0.1) is 0 Å². The predicted octanol–water partition coefficient (Wildman–Crippen LogP) is 4.69. The van der Waals surface area contributed by atoms with Crippen LogP contribution in [-0.2, 0) is 4.79 Å². The molecular weight excluding hydrogens is 338 g/mol. The molecular formula is C22H29N3O2. The fourth-order valence-electron chi connectivity index (χ4n) is 3.89. The van der Waals surface area contributed by atoms with Crippen LogP contribution in [0.5, 0.6) is 5.75 Å². The summed E-state index contributed by atoms with van der Waals surface area (Å²) in [6.45, 7) is 10.8. The molecule has 1 aromatic heterocycles. The van der Waals surface area contributed by atoms with E-state index < -0.39 is 0 Å². The molecule has 0 unspecified atom stereocenters. The molecule has 144 valence electrons. The van der Waals surface area contributed by atoms with Gasteiger partial charge in [0, 0.05) is 25.0 Å². The molecule has 0 radical (unpaired) electrons. The molecule has 2 aromatic rings. The third-order valence-corrected chi connectivity index (χ3v) is 5.24. The van der Waals surface area contributed by atoms with Gasteiger partial charge in [-0.2, -0.15) is 0 Å². The first kappa shape index (κ1) is 19.2. The Morgan fingerprint density at radius 2 is 1.74 bits per heavy atom. The molecule has 0 fully saturated rings. The van der Waals surface area contributed by atoms with E-state index in [2.05, 4.69) is 51.7 Å². The lowest BCUT2D eigenvalue weighted by molar-refractivity contribution is -0.117. The van der Waals surface area contributed by atoms with Crippen LogP contribution in [0.3, 0.4) is 0 Å². The van der Waals surface area contributed by atoms with Gasteiger partial charge in [0.05, 0.1) is 6.10 Å². The zero-order valence-electron chi connectivity index (χ0n) is 17.2. The van der Waals surface area contributed by atoms with E-state index in [1.54, 1.807) is 18.1 Å². The summed E-state index contributed by atoms with van der Waals surface area (Å²) in [5.41, 5.74) is 5.30. The highest BCUT2D eigenvalue weighted by molar-refractivity contribution is 6.05. The molecule has 0 saturated carbocycles. The molecule has 1 amide bonds. The lowest BCUT2D eigenvalue weighted by Gasteiger charge is -2.37. The van der Waals surface area contributed by atoms with E-state index in [4.69, 9.17) is 4.74 Å². The Balaban J connectivity index is 2.15. The van der Waals surface area contributed by atoms with Crippen LogP contribution >= 0.6 is 0 Å². The summed E-state index contributed by atoms with van der Waals surface area (Å²) in [6.07, 6.45) is 3.74. The van der Waals surface area contributed by atoms with E-state index in [9.17, 15) is 4.79 Å². The molecule has 0 N–H and O–H groups in total. The summed E-state index contributed by atoms with van der Waals surface area (Å²) in [7, 11) is 1.80. The van der Waals surface area contributed by atoms with Crippen molar-refractivity contribution in [2.75, 3.05) is 23.4 Å². The highest BCUT2D eigenvalue weighted by Gasteiger charge is 2.33. The first-order valence-electron chi connectivity index (χ1n) is 9.64. The molecule has 3 rings (SSSR count). The Labute approximate surface area is 162 Å². The highest BCUT2D eigenvalue weighted by Crippen LogP contribution is 2.44. The lowest BCUT2D eigenvalue weighted by atomic mass is 10.0. The predicted molar refractivity (Wildman–Crippen MR) is 110 cm³/mol. The summed E-state index contributed by atoms with van der Waals surface area (Å²) in [6, 6.07) is 6.16. The molecule has 2 heterocycles. The average molecular weight is 367 g/mol. The van der Waals surface area contributed by atoms with Gasteiger partial charge in [0.1, 0.15) is 18.0 Å². The molecule has 0 spiro atoms. The van der Waals surface area contributed by atoms with Gasteiger partial charge in [0.15, 0.2) is 5.82 Å². The quantitative estimate of drug-likeness (QED) is 0.769. The second kappa shape index (κ2) is 7.59. The third kappa shape index (κ3) is 3.51. The number of fused-ring (bicyclic) bond motifs is 1. The highest BCUT2D eigenvalue weighted by atomic mass is 16.5. The topological polar surface area (TPSA) is 45.7 Å². The third-order valence-electron chi connectivity index (χ3n) is 5.24. The van der Waals surface area contributed by atoms with Crippen molar-refractivity contribution in [1.82, 2.24) is 4.98 Å². The van der Waals surface area contributed by atoms with E-state index in [0.717, 1.165) is 46.9 Å². The van der Waals surface area contributed by atoms with Gasteiger partial charge in [0.25, 0.3) is 0 Å². The maximum absolute atomic E-state index is 12.8. The zero-order chi connectivity index (χ0) is 19.7. The Morgan fingerprint density at radius 3 is 2.33 bits per heavy atom. The number of hydrogen-bond acceptors (Lipinski definition) is 4. The Kier molecular flexibility index (Phi) is 5.40. The number of ether oxygens (including phenoxy) is 1. The van der Waals surface area contributed by atoms with Gasteiger partial charge < -0.3 is 14.5 Å². The van der Waals surface area contributed by atoms with E-state index >= 15 is 0 Å². The van der Waals surface area contributed by atoms with Crippen molar-refractivity contribution in [1.29, 1.82) is 0 Å². The van der Waals surface area contributed by atoms with Crippen LogP contribution in [0.25, 0.3) is 0 Å². The smallest absolute Gasteiger partial charge is 0.246 e. The molecule has 0 saturated heterocycles. The van der Waals surface area contributed by atoms with Gasteiger partial charge in [-0.3, -0.25) is 4.79 Å². The van der Waals surface area contributed by atoms with Crippen molar-refractivity contribution in [3.8, 4) is 5.75 Å². The standard InChI is InChI=1S/C22H29N3O2/c1-7-17(8-2)27-18-9-10-23-22-21(18)24(6)19(26)13-25(22)20-15(4)11-14(3)12-16(20)5/h9-12,17H,7-8,13H2,1-6H3. The maximum Gasteiger partial charge on any atom is 0.246 e. The fraction of sp³-hybridized carbons (Fsp3) is 0.455. The van der Waals surface area contributed by atoms with Crippen LogP contribution < -0.4 is 14.5 Å². The van der Waals surface area contributed by atoms with Gasteiger partial charge in [-0.05, 0) is 44.7 Å². The summed E-state index contributed by atoms with van der Waals surface area (Å²) in [4.78, 5) is 21.2. The molecule has 1 aliphatic rings.